The summed E-state index contributed by atoms with van der Waals surface area (Å²) in [7, 11) is 0. The van der Waals surface area contributed by atoms with Crippen molar-refractivity contribution in [2.45, 2.75) is 39.8 Å². The van der Waals surface area contributed by atoms with E-state index in [1.165, 1.54) is 4.88 Å². The topological polar surface area (TPSA) is 77.6 Å². The lowest BCUT2D eigenvalue weighted by atomic mass is 10.1. The molecule has 0 aliphatic rings. The van der Waals surface area contributed by atoms with Crippen molar-refractivity contribution in [3.05, 3.63) is 58.3 Å². The molecule has 1 amide bonds. The number of nitrogens with one attached hydrogen (secondary N) is 1. The van der Waals surface area contributed by atoms with Crippen LogP contribution in [0.4, 0.5) is 5.69 Å². The minimum atomic E-state index is -0.195. The van der Waals surface area contributed by atoms with Gasteiger partial charge in [-0.2, -0.15) is 10.2 Å². The van der Waals surface area contributed by atoms with Crippen molar-refractivity contribution in [1.29, 1.82) is 0 Å². The number of carbonyl (C=O) groups excluding carboxylic acids is 1. The van der Waals surface area contributed by atoms with Gasteiger partial charge in [0.15, 0.2) is 5.65 Å². The molecule has 0 saturated carbocycles. The van der Waals surface area contributed by atoms with Crippen LogP contribution in [0, 0.1) is 6.92 Å². The van der Waals surface area contributed by atoms with Crippen molar-refractivity contribution in [3.8, 4) is 0 Å². The predicted octanol–water partition coefficient (Wildman–Crippen LogP) is 4.05. The zero-order valence-electron chi connectivity index (χ0n) is 16.3. The molecular weight excluding hydrogens is 372 g/mol. The highest BCUT2D eigenvalue weighted by molar-refractivity contribution is 7.09. The molecule has 0 bridgehead atoms. The van der Waals surface area contributed by atoms with Gasteiger partial charge in [0, 0.05) is 16.8 Å². The molecule has 4 aromatic rings. The Morgan fingerprint density at radius 1 is 1.25 bits per heavy atom. The number of hydrogen-bond acceptors (Lipinski definition) is 5. The molecule has 8 heteroatoms. The van der Waals surface area contributed by atoms with Crippen LogP contribution < -0.4 is 5.32 Å². The number of hydrogen-bond donors (Lipinski definition) is 1. The monoisotopic (exact) mass is 394 g/mol. The standard InChI is InChI=1S/C20H22N6OS/c1-13-8-16(19(27)24-14-9-22-26(11-14)20(2,3)4)17-10-21-25(18(17)23-13)12-15-6-5-7-28-15/h5-11H,12H2,1-4H3,(H,24,27). The third-order valence-electron chi connectivity index (χ3n) is 4.40. The lowest BCUT2D eigenvalue weighted by Crippen LogP contribution is -2.22. The van der Waals surface area contributed by atoms with E-state index in [9.17, 15) is 4.79 Å². The maximum atomic E-state index is 13.0. The molecule has 0 saturated heterocycles. The molecule has 28 heavy (non-hydrogen) atoms. The van der Waals surface area contributed by atoms with Gasteiger partial charge in [0.2, 0.25) is 0 Å². The van der Waals surface area contributed by atoms with Crippen LogP contribution in [0.25, 0.3) is 11.0 Å². The first-order chi connectivity index (χ1) is 13.3. The fourth-order valence-corrected chi connectivity index (χ4v) is 3.67. The largest absolute Gasteiger partial charge is 0.319 e. The summed E-state index contributed by atoms with van der Waals surface area (Å²) in [6, 6.07) is 5.87. The zero-order chi connectivity index (χ0) is 19.9. The van der Waals surface area contributed by atoms with Crippen LogP contribution in [-0.2, 0) is 12.1 Å². The molecule has 0 aliphatic carbocycles. The van der Waals surface area contributed by atoms with E-state index in [4.69, 9.17) is 0 Å². The van der Waals surface area contributed by atoms with Crippen LogP contribution in [0.2, 0.25) is 0 Å². The number of aryl methyl sites for hydroxylation is 1. The summed E-state index contributed by atoms with van der Waals surface area (Å²) < 4.78 is 3.66. The Morgan fingerprint density at radius 2 is 2.07 bits per heavy atom. The van der Waals surface area contributed by atoms with Gasteiger partial charge in [-0.1, -0.05) is 6.07 Å². The molecule has 0 fully saturated rings. The summed E-state index contributed by atoms with van der Waals surface area (Å²) in [5.74, 6) is -0.195. The van der Waals surface area contributed by atoms with Crippen molar-refractivity contribution in [2.75, 3.05) is 5.32 Å². The first-order valence-corrected chi connectivity index (χ1v) is 9.91. The first-order valence-electron chi connectivity index (χ1n) is 9.03. The molecule has 4 rings (SSSR count). The van der Waals surface area contributed by atoms with Gasteiger partial charge in [0.25, 0.3) is 5.91 Å². The maximum Gasteiger partial charge on any atom is 0.256 e. The van der Waals surface area contributed by atoms with Crippen molar-refractivity contribution < 1.29 is 4.79 Å². The second-order valence-electron chi connectivity index (χ2n) is 7.73. The quantitative estimate of drug-likeness (QED) is 0.566. The van der Waals surface area contributed by atoms with E-state index in [2.05, 4.69) is 47.3 Å². The third kappa shape index (κ3) is 3.55. The van der Waals surface area contributed by atoms with Gasteiger partial charge in [-0.25, -0.2) is 9.67 Å². The third-order valence-corrected chi connectivity index (χ3v) is 5.26. The van der Waals surface area contributed by atoms with E-state index in [1.54, 1.807) is 29.8 Å². The van der Waals surface area contributed by atoms with Gasteiger partial charge in [-0.15, -0.1) is 11.3 Å². The Bertz CT molecular complexity index is 1130. The number of pyridine rings is 1. The van der Waals surface area contributed by atoms with Crippen molar-refractivity contribution in [2.24, 2.45) is 0 Å². The molecule has 7 nitrogen and oxygen atoms in total. The summed E-state index contributed by atoms with van der Waals surface area (Å²) >= 11 is 1.67. The van der Waals surface area contributed by atoms with Crippen LogP contribution in [-0.4, -0.2) is 30.5 Å². The molecule has 0 aromatic carbocycles. The summed E-state index contributed by atoms with van der Waals surface area (Å²) in [4.78, 5) is 18.8. The number of fused-ring (bicyclic) bond motifs is 1. The molecular formula is C20H22N6OS. The fraction of sp³-hybridized carbons (Fsp3) is 0.300. The normalized spacial score (nSPS) is 11.9. The van der Waals surface area contributed by atoms with Gasteiger partial charge < -0.3 is 5.32 Å². The second-order valence-corrected chi connectivity index (χ2v) is 8.76. The number of anilines is 1. The number of aromatic nitrogens is 5. The second kappa shape index (κ2) is 6.87. The number of thiophene rings is 1. The van der Waals surface area contributed by atoms with Gasteiger partial charge in [0.1, 0.15) is 0 Å². The first kappa shape index (κ1) is 18.4. The highest BCUT2D eigenvalue weighted by atomic mass is 32.1. The Kier molecular flexibility index (Phi) is 4.50. The molecule has 1 N–H and O–H groups in total. The van der Waals surface area contributed by atoms with E-state index >= 15 is 0 Å². The van der Waals surface area contributed by atoms with Crippen LogP contribution in [0.3, 0.4) is 0 Å². The van der Waals surface area contributed by atoms with Crippen molar-refractivity contribution >= 4 is 34.0 Å². The Hall–Kier alpha value is -3.00. The molecule has 144 valence electrons. The molecule has 4 aromatic heterocycles. The Morgan fingerprint density at radius 3 is 2.75 bits per heavy atom. The minimum Gasteiger partial charge on any atom is -0.319 e. The smallest absolute Gasteiger partial charge is 0.256 e. The zero-order valence-corrected chi connectivity index (χ0v) is 17.1. The van der Waals surface area contributed by atoms with E-state index in [1.807, 2.05) is 33.9 Å². The van der Waals surface area contributed by atoms with Crippen LogP contribution in [0.15, 0.2) is 42.2 Å². The average molecular weight is 395 g/mol. The molecule has 0 unspecified atom stereocenters. The maximum absolute atomic E-state index is 13.0. The Labute approximate surface area is 167 Å². The van der Waals surface area contributed by atoms with Gasteiger partial charge in [-0.05, 0) is 45.2 Å². The van der Waals surface area contributed by atoms with Crippen molar-refractivity contribution in [1.82, 2.24) is 24.5 Å². The van der Waals surface area contributed by atoms with Crippen LogP contribution >= 0.6 is 11.3 Å². The number of nitrogens with zero attached hydrogens (tertiary/aromatic N) is 5. The highest BCUT2D eigenvalue weighted by Gasteiger charge is 2.18. The number of rotatable bonds is 4. The molecule has 0 atom stereocenters. The minimum absolute atomic E-state index is 0.146. The summed E-state index contributed by atoms with van der Waals surface area (Å²) in [6.45, 7) is 8.70. The summed E-state index contributed by atoms with van der Waals surface area (Å²) in [6.07, 6.45) is 5.21. The Balaban J connectivity index is 1.65. The van der Waals surface area contributed by atoms with Gasteiger partial charge in [0.05, 0.1) is 41.1 Å². The van der Waals surface area contributed by atoms with Crippen molar-refractivity contribution in [3.63, 3.8) is 0 Å². The van der Waals surface area contributed by atoms with Gasteiger partial charge >= 0.3 is 0 Å². The summed E-state index contributed by atoms with van der Waals surface area (Å²) in [5, 5.41) is 14.5. The number of carbonyl (C=O) groups is 1. The predicted molar refractivity (Wildman–Crippen MR) is 111 cm³/mol. The van der Waals surface area contributed by atoms with E-state index < -0.39 is 0 Å². The lowest BCUT2D eigenvalue weighted by Gasteiger charge is -2.18. The van der Waals surface area contributed by atoms with Crippen LogP contribution in [0.1, 0.15) is 41.7 Å². The molecule has 0 radical (unpaired) electrons. The van der Waals surface area contributed by atoms with Gasteiger partial charge in [-0.3, -0.25) is 9.48 Å². The lowest BCUT2D eigenvalue weighted by molar-refractivity contribution is 0.102. The fourth-order valence-electron chi connectivity index (χ4n) is 2.98. The molecule has 0 aliphatic heterocycles. The SMILES string of the molecule is Cc1cc(C(=O)Nc2cnn(C(C)(C)C)c2)c2cnn(Cc3cccs3)c2n1. The van der Waals surface area contributed by atoms with E-state index in [0.717, 1.165) is 11.1 Å². The number of amides is 1. The molecule has 4 heterocycles. The molecule has 0 spiro atoms. The highest BCUT2D eigenvalue weighted by Crippen LogP contribution is 2.22. The summed E-state index contributed by atoms with van der Waals surface area (Å²) in [5.41, 5.74) is 2.56. The van der Waals surface area contributed by atoms with E-state index in [0.29, 0.717) is 23.4 Å². The van der Waals surface area contributed by atoms with Crippen LogP contribution in [0.5, 0.6) is 0 Å². The van der Waals surface area contributed by atoms with E-state index in [-0.39, 0.29) is 11.4 Å². The average Bonchev–Trinajstić information content (AvgIpc) is 3.36.